The molecule has 2 aliphatic carbocycles. The molecule has 0 aromatic rings. The van der Waals surface area contributed by atoms with Crippen molar-refractivity contribution >= 4 is 5.78 Å². The Kier molecular flexibility index (Phi) is 2.42. The van der Waals surface area contributed by atoms with E-state index in [9.17, 15) is 9.90 Å². The van der Waals surface area contributed by atoms with Crippen LogP contribution in [0.5, 0.6) is 0 Å². The number of aliphatic hydroxyl groups excluding tert-OH is 1. The number of fused-ring (bicyclic) bond motifs is 1. The lowest BCUT2D eigenvalue weighted by Gasteiger charge is -2.35. The van der Waals surface area contributed by atoms with Gasteiger partial charge in [-0.1, -0.05) is 13.8 Å². The van der Waals surface area contributed by atoms with Gasteiger partial charge in [0.25, 0.3) is 0 Å². The zero-order valence-electron chi connectivity index (χ0n) is 9.12. The van der Waals surface area contributed by atoms with E-state index in [1.807, 2.05) is 0 Å². The Labute approximate surface area is 85.7 Å². The van der Waals surface area contributed by atoms with Crippen LogP contribution in [-0.4, -0.2) is 17.0 Å². The summed E-state index contributed by atoms with van der Waals surface area (Å²) in [7, 11) is 0. The van der Waals surface area contributed by atoms with Gasteiger partial charge in [-0.05, 0) is 36.5 Å². The summed E-state index contributed by atoms with van der Waals surface area (Å²) in [6.45, 7) is 4.34. The second kappa shape index (κ2) is 3.34. The quantitative estimate of drug-likeness (QED) is 0.644. The minimum absolute atomic E-state index is 0.0194. The van der Waals surface area contributed by atoms with E-state index in [0.717, 1.165) is 25.7 Å². The first-order chi connectivity index (χ1) is 6.54. The molecule has 0 amide bonds. The summed E-state index contributed by atoms with van der Waals surface area (Å²) in [5, 5.41) is 10.0. The highest BCUT2D eigenvalue weighted by atomic mass is 16.3. The first-order valence-electron chi connectivity index (χ1n) is 5.74. The van der Waals surface area contributed by atoms with Crippen LogP contribution >= 0.6 is 0 Å². The van der Waals surface area contributed by atoms with Crippen LogP contribution in [-0.2, 0) is 4.79 Å². The van der Waals surface area contributed by atoms with Crippen LogP contribution in [0.1, 0.15) is 46.0 Å². The molecule has 2 aliphatic rings. The van der Waals surface area contributed by atoms with Crippen LogP contribution in [0.4, 0.5) is 0 Å². The first kappa shape index (κ1) is 10.2. The van der Waals surface area contributed by atoms with E-state index in [1.54, 1.807) is 0 Å². The fourth-order valence-corrected chi connectivity index (χ4v) is 3.54. The number of hydrogen-bond acceptors (Lipinski definition) is 2. The maximum atomic E-state index is 11.5. The van der Waals surface area contributed by atoms with Gasteiger partial charge in [0.2, 0.25) is 0 Å². The maximum Gasteiger partial charge on any atom is 0.133 e. The Morgan fingerprint density at radius 1 is 1.43 bits per heavy atom. The van der Waals surface area contributed by atoms with Gasteiger partial charge in [-0.25, -0.2) is 0 Å². The van der Waals surface area contributed by atoms with E-state index in [1.165, 1.54) is 0 Å². The number of hydrogen-bond donors (Lipinski definition) is 1. The van der Waals surface area contributed by atoms with Crippen molar-refractivity contribution in [3.8, 4) is 0 Å². The standard InChI is InChI=1S/C12H20O2/c1-8-7-9(13)5-6-12(2)10(8)3-4-11(12)14/h8,10-11,14H,3-7H2,1-2H3. The van der Waals surface area contributed by atoms with Crippen LogP contribution < -0.4 is 0 Å². The molecular formula is C12H20O2. The number of carbonyl (C=O) groups is 1. The van der Waals surface area contributed by atoms with Crippen LogP contribution in [0.25, 0.3) is 0 Å². The summed E-state index contributed by atoms with van der Waals surface area (Å²) in [4.78, 5) is 11.5. The molecule has 0 saturated heterocycles. The van der Waals surface area contributed by atoms with E-state index < -0.39 is 0 Å². The zero-order valence-corrected chi connectivity index (χ0v) is 9.12. The van der Waals surface area contributed by atoms with E-state index in [-0.39, 0.29) is 11.5 Å². The maximum absolute atomic E-state index is 11.5. The van der Waals surface area contributed by atoms with Gasteiger partial charge >= 0.3 is 0 Å². The molecule has 14 heavy (non-hydrogen) atoms. The van der Waals surface area contributed by atoms with Crippen LogP contribution in [0.15, 0.2) is 0 Å². The topological polar surface area (TPSA) is 37.3 Å². The largest absolute Gasteiger partial charge is 0.393 e. The highest BCUT2D eigenvalue weighted by molar-refractivity contribution is 5.79. The van der Waals surface area contributed by atoms with E-state index in [4.69, 9.17) is 0 Å². The van der Waals surface area contributed by atoms with Crippen molar-refractivity contribution in [3.05, 3.63) is 0 Å². The number of carbonyl (C=O) groups excluding carboxylic acids is 1. The molecular weight excluding hydrogens is 176 g/mol. The van der Waals surface area contributed by atoms with Crippen molar-refractivity contribution in [2.45, 2.75) is 52.1 Å². The Morgan fingerprint density at radius 2 is 2.14 bits per heavy atom. The molecule has 2 fully saturated rings. The van der Waals surface area contributed by atoms with E-state index in [0.29, 0.717) is 24.0 Å². The second-order valence-electron chi connectivity index (χ2n) is 5.43. The van der Waals surface area contributed by atoms with E-state index in [2.05, 4.69) is 13.8 Å². The zero-order chi connectivity index (χ0) is 10.3. The van der Waals surface area contributed by atoms with Crippen molar-refractivity contribution in [2.75, 3.05) is 0 Å². The van der Waals surface area contributed by atoms with Gasteiger partial charge in [-0.3, -0.25) is 4.79 Å². The third-order valence-corrected chi connectivity index (χ3v) is 4.54. The summed E-state index contributed by atoms with van der Waals surface area (Å²) >= 11 is 0. The summed E-state index contributed by atoms with van der Waals surface area (Å²) in [6.07, 6.45) is 4.15. The van der Waals surface area contributed by atoms with E-state index >= 15 is 0 Å². The molecule has 0 heterocycles. The molecule has 0 bridgehead atoms. The predicted octanol–water partition coefficient (Wildman–Crippen LogP) is 2.15. The van der Waals surface area contributed by atoms with Gasteiger partial charge in [-0.2, -0.15) is 0 Å². The number of aliphatic hydroxyl groups is 1. The molecule has 0 aromatic heterocycles. The molecule has 1 N–H and O–H groups in total. The Morgan fingerprint density at radius 3 is 2.86 bits per heavy atom. The number of Topliss-reactive ketones (excluding diaryl/α,β-unsaturated/α-hetero) is 1. The average molecular weight is 196 g/mol. The smallest absolute Gasteiger partial charge is 0.133 e. The molecule has 0 spiro atoms. The third kappa shape index (κ3) is 1.40. The molecule has 2 heteroatoms. The predicted molar refractivity (Wildman–Crippen MR) is 54.9 cm³/mol. The number of ketones is 1. The lowest BCUT2D eigenvalue weighted by atomic mass is 9.71. The normalized spacial score (nSPS) is 48.8. The van der Waals surface area contributed by atoms with Crippen molar-refractivity contribution in [2.24, 2.45) is 17.3 Å². The van der Waals surface area contributed by atoms with Crippen molar-refractivity contribution in [1.82, 2.24) is 0 Å². The van der Waals surface area contributed by atoms with Crippen LogP contribution in [0.3, 0.4) is 0 Å². The second-order valence-corrected chi connectivity index (χ2v) is 5.43. The first-order valence-corrected chi connectivity index (χ1v) is 5.74. The molecule has 0 aromatic carbocycles. The van der Waals surface area contributed by atoms with Crippen molar-refractivity contribution in [1.29, 1.82) is 0 Å². The summed E-state index contributed by atoms with van der Waals surface area (Å²) < 4.78 is 0. The highest BCUT2D eigenvalue weighted by Crippen LogP contribution is 2.52. The molecule has 4 atom stereocenters. The molecule has 2 rings (SSSR count). The minimum Gasteiger partial charge on any atom is -0.393 e. The summed E-state index contributed by atoms with van der Waals surface area (Å²) in [5.41, 5.74) is 0.0194. The fourth-order valence-electron chi connectivity index (χ4n) is 3.54. The Bertz CT molecular complexity index is 249. The van der Waals surface area contributed by atoms with Gasteiger partial charge in [0.05, 0.1) is 6.10 Å². The van der Waals surface area contributed by atoms with Crippen LogP contribution in [0.2, 0.25) is 0 Å². The molecule has 4 unspecified atom stereocenters. The van der Waals surface area contributed by atoms with Gasteiger partial charge in [0.15, 0.2) is 0 Å². The monoisotopic (exact) mass is 196 g/mol. The van der Waals surface area contributed by atoms with Gasteiger partial charge in [0.1, 0.15) is 5.78 Å². The van der Waals surface area contributed by atoms with Gasteiger partial charge < -0.3 is 5.11 Å². The van der Waals surface area contributed by atoms with Crippen molar-refractivity contribution in [3.63, 3.8) is 0 Å². The lowest BCUT2D eigenvalue weighted by molar-refractivity contribution is -0.119. The van der Waals surface area contributed by atoms with Gasteiger partial charge in [0, 0.05) is 12.8 Å². The number of rotatable bonds is 0. The molecule has 80 valence electrons. The van der Waals surface area contributed by atoms with Crippen LogP contribution in [0, 0.1) is 17.3 Å². The Hall–Kier alpha value is -0.370. The Balaban J connectivity index is 2.25. The third-order valence-electron chi connectivity index (χ3n) is 4.54. The van der Waals surface area contributed by atoms with Crippen molar-refractivity contribution < 1.29 is 9.90 Å². The summed E-state index contributed by atoms with van der Waals surface area (Å²) in [6, 6.07) is 0. The summed E-state index contributed by atoms with van der Waals surface area (Å²) in [5.74, 6) is 1.41. The lowest BCUT2D eigenvalue weighted by Crippen LogP contribution is -2.34. The molecule has 0 aliphatic heterocycles. The average Bonchev–Trinajstić information content (AvgIpc) is 2.35. The minimum atomic E-state index is -0.180. The highest BCUT2D eigenvalue weighted by Gasteiger charge is 2.49. The molecule has 0 radical (unpaired) electrons. The SMILES string of the molecule is CC1CC(=O)CCC2(C)C(O)CCC12. The molecule has 2 nitrogen and oxygen atoms in total. The van der Waals surface area contributed by atoms with Gasteiger partial charge in [-0.15, -0.1) is 0 Å². The molecule has 2 saturated carbocycles. The fraction of sp³-hybridized carbons (Fsp3) is 0.917.